The molecule has 142 valence electrons. The van der Waals surface area contributed by atoms with Crippen molar-refractivity contribution in [2.75, 3.05) is 13.7 Å². The Kier molecular flexibility index (Phi) is 5.96. The van der Waals surface area contributed by atoms with Crippen LogP contribution in [0.4, 0.5) is 0 Å². The number of likely N-dealkylation sites (tertiary alicyclic amines) is 1. The van der Waals surface area contributed by atoms with Crippen molar-refractivity contribution in [3.63, 3.8) is 0 Å². The van der Waals surface area contributed by atoms with Crippen LogP contribution in [-0.2, 0) is 9.59 Å². The second-order valence-corrected chi connectivity index (χ2v) is 7.39. The van der Waals surface area contributed by atoms with Gasteiger partial charge in [-0.25, -0.2) is 0 Å². The maximum atomic E-state index is 12.8. The fourth-order valence-corrected chi connectivity index (χ4v) is 4.22. The van der Waals surface area contributed by atoms with Gasteiger partial charge in [0, 0.05) is 11.4 Å². The van der Waals surface area contributed by atoms with E-state index in [1.807, 2.05) is 17.5 Å². The summed E-state index contributed by atoms with van der Waals surface area (Å²) in [6.45, 7) is 2.58. The Morgan fingerprint density at radius 1 is 1.19 bits per heavy atom. The number of nitrogens with zero attached hydrogens (tertiary/aromatic N) is 1. The number of amides is 1. The number of benzene rings is 1. The van der Waals surface area contributed by atoms with E-state index in [0.29, 0.717) is 17.9 Å². The first-order chi connectivity index (χ1) is 13.1. The number of Topliss-reactive ketones (excluding diaryl/α,β-unsaturated/α-hetero) is 1. The maximum Gasteiger partial charge on any atom is 0.295 e. The van der Waals surface area contributed by atoms with E-state index in [1.165, 1.54) is 18.4 Å². The van der Waals surface area contributed by atoms with Gasteiger partial charge >= 0.3 is 0 Å². The number of carbonyl (C=O) groups excluding carboxylic acids is 2. The molecule has 0 spiro atoms. The fourth-order valence-electron chi connectivity index (χ4n) is 3.37. The van der Waals surface area contributed by atoms with Crippen molar-refractivity contribution >= 4 is 28.8 Å². The number of aliphatic hydroxyl groups excluding tert-OH is 1. The van der Waals surface area contributed by atoms with Crippen LogP contribution in [0.3, 0.4) is 0 Å². The van der Waals surface area contributed by atoms with Gasteiger partial charge < -0.3 is 14.7 Å². The molecule has 1 aliphatic rings. The van der Waals surface area contributed by atoms with Crippen molar-refractivity contribution in [3.8, 4) is 5.75 Å². The number of ether oxygens (including phenoxy) is 1. The first kappa shape index (κ1) is 19.2. The molecule has 1 aromatic heterocycles. The van der Waals surface area contributed by atoms with E-state index in [2.05, 4.69) is 6.92 Å². The summed E-state index contributed by atoms with van der Waals surface area (Å²) in [5, 5.41) is 12.9. The molecule has 1 N–H and O–H groups in total. The predicted molar refractivity (Wildman–Crippen MR) is 106 cm³/mol. The lowest BCUT2D eigenvalue weighted by molar-refractivity contribution is -0.139. The van der Waals surface area contributed by atoms with Gasteiger partial charge in [0.15, 0.2) is 0 Å². The van der Waals surface area contributed by atoms with Crippen molar-refractivity contribution in [1.82, 2.24) is 4.90 Å². The molecule has 5 nitrogen and oxygen atoms in total. The molecule has 1 fully saturated rings. The van der Waals surface area contributed by atoms with Gasteiger partial charge in [-0.15, -0.1) is 11.3 Å². The van der Waals surface area contributed by atoms with Gasteiger partial charge in [-0.2, -0.15) is 0 Å². The van der Waals surface area contributed by atoms with Crippen LogP contribution in [0.5, 0.6) is 5.75 Å². The number of methoxy groups -OCH3 is 1. The van der Waals surface area contributed by atoms with Crippen LogP contribution in [0, 0.1) is 0 Å². The summed E-state index contributed by atoms with van der Waals surface area (Å²) in [6, 6.07) is 10.2. The quantitative estimate of drug-likeness (QED) is 0.333. The van der Waals surface area contributed by atoms with Crippen LogP contribution >= 0.6 is 11.3 Å². The summed E-state index contributed by atoms with van der Waals surface area (Å²) in [4.78, 5) is 28.0. The minimum Gasteiger partial charge on any atom is -0.507 e. The predicted octanol–water partition coefficient (Wildman–Crippen LogP) is 4.37. The zero-order chi connectivity index (χ0) is 19.4. The number of para-hydroxylation sites is 1. The van der Waals surface area contributed by atoms with E-state index in [-0.39, 0.29) is 11.3 Å². The van der Waals surface area contributed by atoms with Crippen LogP contribution in [0.2, 0.25) is 0 Å². The van der Waals surface area contributed by atoms with Gasteiger partial charge in [-0.1, -0.05) is 38.0 Å². The summed E-state index contributed by atoms with van der Waals surface area (Å²) in [5.41, 5.74) is 0.538. The van der Waals surface area contributed by atoms with Gasteiger partial charge in [0.2, 0.25) is 0 Å². The van der Waals surface area contributed by atoms with Crippen LogP contribution in [-0.4, -0.2) is 35.4 Å². The average molecular weight is 385 g/mol. The number of thiophene rings is 1. The van der Waals surface area contributed by atoms with E-state index in [1.54, 1.807) is 29.2 Å². The van der Waals surface area contributed by atoms with Crippen LogP contribution < -0.4 is 4.74 Å². The number of carbonyl (C=O) groups is 2. The Balaban J connectivity index is 2.11. The third-order valence-electron chi connectivity index (χ3n) is 4.72. The largest absolute Gasteiger partial charge is 0.507 e. The summed E-state index contributed by atoms with van der Waals surface area (Å²) in [6.07, 6.45) is 2.82. The van der Waals surface area contributed by atoms with Crippen molar-refractivity contribution < 1.29 is 19.4 Å². The summed E-state index contributed by atoms with van der Waals surface area (Å²) >= 11 is 1.47. The molecule has 1 unspecified atom stereocenters. The fraction of sp³-hybridized carbons (Fsp3) is 0.333. The smallest absolute Gasteiger partial charge is 0.295 e. The minimum atomic E-state index is -0.645. The molecule has 0 radical (unpaired) electrons. The SMILES string of the molecule is CCCCCN1C(=O)C(=O)/C(=C(\O)c2ccccc2OC)C1c1cccs1. The van der Waals surface area contributed by atoms with Gasteiger partial charge in [0.05, 0.1) is 24.3 Å². The topological polar surface area (TPSA) is 66.8 Å². The van der Waals surface area contributed by atoms with Crippen molar-refractivity contribution in [2.45, 2.75) is 32.2 Å². The summed E-state index contributed by atoms with van der Waals surface area (Å²) in [7, 11) is 1.51. The number of unbranched alkanes of at least 4 members (excludes halogenated alkanes) is 2. The molecule has 0 bridgehead atoms. The first-order valence-corrected chi connectivity index (χ1v) is 9.93. The highest BCUT2D eigenvalue weighted by Crippen LogP contribution is 2.42. The lowest BCUT2D eigenvalue weighted by Crippen LogP contribution is -2.30. The number of hydrogen-bond donors (Lipinski definition) is 1. The highest BCUT2D eigenvalue weighted by molar-refractivity contribution is 7.10. The molecule has 0 aliphatic carbocycles. The normalized spacial score (nSPS) is 18.9. The van der Waals surface area contributed by atoms with Gasteiger partial charge in [0.25, 0.3) is 11.7 Å². The van der Waals surface area contributed by atoms with Crippen molar-refractivity contribution in [2.24, 2.45) is 0 Å². The van der Waals surface area contributed by atoms with E-state index in [0.717, 1.165) is 24.1 Å². The van der Waals surface area contributed by atoms with Crippen molar-refractivity contribution in [3.05, 3.63) is 57.8 Å². The van der Waals surface area contributed by atoms with Crippen LogP contribution in [0.25, 0.3) is 5.76 Å². The molecule has 1 aromatic carbocycles. The highest BCUT2D eigenvalue weighted by Gasteiger charge is 2.46. The third-order valence-corrected chi connectivity index (χ3v) is 5.64. The Morgan fingerprint density at radius 2 is 1.96 bits per heavy atom. The molecule has 3 rings (SSSR count). The number of ketones is 1. The Bertz CT molecular complexity index is 857. The molecule has 1 saturated heterocycles. The summed E-state index contributed by atoms with van der Waals surface area (Å²) < 4.78 is 5.32. The zero-order valence-electron chi connectivity index (χ0n) is 15.5. The first-order valence-electron chi connectivity index (χ1n) is 9.05. The molecule has 0 saturated carbocycles. The molecular formula is C21H23NO4S. The number of hydrogen-bond acceptors (Lipinski definition) is 5. The lowest BCUT2D eigenvalue weighted by atomic mass is 9.99. The molecule has 2 aromatic rings. The number of rotatable bonds is 7. The average Bonchev–Trinajstić information content (AvgIpc) is 3.30. The Labute approximate surface area is 162 Å². The van der Waals surface area contributed by atoms with E-state index in [4.69, 9.17) is 4.74 Å². The second-order valence-electron chi connectivity index (χ2n) is 6.42. The standard InChI is InChI=1S/C21H23NO4S/c1-3-4-7-12-22-18(16-11-8-13-27-16)17(20(24)21(22)25)19(23)14-9-5-6-10-15(14)26-2/h5-6,8-11,13,18,23H,3-4,7,12H2,1-2H3/b19-17-. The monoisotopic (exact) mass is 385 g/mol. The number of aliphatic hydroxyl groups is 1. The van der Waals surface area contributed by atoms with Crippen LogP contribution in [0.1, 0.15) is 42.7 Å². The molecule has 1 amide bonds. The molecule has 27 heavy (non-hydrogen) atoms. The third kappa shape index (κ3) is 3.62. The van der Waals surface area contributed by atoms with Crippen LogP contribution in [0.15, 0.2) is 47.4 Å². The minimum absolute atomic E-state index is 0.128. The second kappa shape index (κ2) is 8.39. The van der Waals surface area contributed by atoms with E-state index < -0.39 is 17.7 Å². The molecule has 1 atom stereocenters. The van der Waals surface area contributed by atoms with Crippen molar-refractivity contribution in [1.29, 1.82) is 0 Å². The van der Waals surface area contributed by atoms with E-state index >= 15 is 0 Å². The molecule has 6 heteroatoms. The molecule has 1 aliphatic heterocycles. The molecular weight excluding hydrogens is 362 g/mol. The summed E-state index contributed by atoms with van der Waals surface area (Å²) in [5.74, 6) is -0.937. The Hall–Kier alpha value is -2.60. The maximum absolute atomic E-state index is 12.8. The van der Waals surface area contributed by atoms with Gasteiger partial charge in [-0.05, 0) is 30.0 Å². The Morgan fingerprint density at radius 3 is 2.63 bits per heavy atom. The highest BCUT2D eigenvalue weighted by atomic mass is 32.1. The lowest BCUT2D eigenvalue weighted by Gasteiger charge is -2.24. The molecule has 2 heterocycles. The van der Waals surface area contributed by atoms with Gasteiger partial charge in [-0.3, -0.25) is 9.59 Å². The zero-order valence-corrected chi connectivity index (χ0v) is 16.3. The van der Waals surface area contributed by atoms with E-state index in [9.17, 15) is 14.7 Å². The van der Waals surface area contributed by atoms with Gasteiger partial charge in [0.1, 0.15) is 11.5 Å².